The molecule has 0 unspecified atom stereocenters. The van der Waals surface area contributed by atoms with Crippen molar-refractivity contribution in [2.45, 2.75) is 24.8 Å². The summed E-state index contributed by atoms with van der Waals surface area (Å²) in [7, 11) is 0. The van der Waals surface area contributed by atoms with Gasteiger partial charge in [-0.25, -0.2) is 4.99 Å². The molecule has 2 aromatic carbocycles. The van der Waals surface area contributed by atoms with E-state index >= 15 is 0 Å². The number of hydrogen-bond donors (Lipinski definition) is 0. The van der Waals surface area contributed by atoms with Gasteiger partial charge in [-0.3, -0.25) is 0 Å². The third kappa shape index (κ3) is 2.28. The number of benzene rings is 2. The molecule has 0 N–H and O–H groups in total. The summed E-state index contributed by atoms with van der Waals surface area (Å²) in [5, 5.41) is 0.749. The molecule has 2 fully saturated rings. The van der Waals surface area contributed by atoms with Crippen molar-refractivity contribution in [3.63, 3.8) is 0 Å². The van der Waals surface area contributed by atoms with E-state index in [2.05, 4.69) is 30.3 Å². The molecule has 0 spiro atoms. The predicted octanol–water partition coefficient (Wildman–Crippen LogP) is 4.93. The van der Waals surface area contributed by atoms with Crippen molar-refractivity contribution in [3.05, 3.63) is 70.7 Å². The number of halogens is 1. The van der Waals surface area contributed by atoms with Crippen LogP contribution in [0.15, 0.2) is 59.6 Å². The van der Waals surface area contributed by atoms with Gasteiger partial charge in [-0.1, -0.05) is 41.9 Å². The lowest BCUT2D eigenvalue weighted by molar-refractivity contribution is 0.133. The van der Waals surface area contributed by atoms with E-state index in [4.69, 9.17) is 21.3 Å². The third-order valence-corrected chi connectivity index (χ3v) is 6.37. The maximum Gasteiger partial charge on any atom is 0.216 e. The van der Waals surface area contributed by atoms with Gasteiger partial charge in [-0.05, 0) is 60.4 Å². The van der Waals surface area contributed by atoms with Crippen LogP contribution in [-0.2, 0) is 4.74 Å². The molecule has 2 saturated carbocycles. The van der Waals surface area contributed by atoms with Crippen molar-refractivity contribution in [1.82, 2.24) is 0 Å². The molecule has 0 saturated heterocycles. The van der Waals surface area contributed by atoms with Crippen LogP contribution in [-0.4, -0.2) is 18.5 Å². The van der Waals surface area contributed by atoms with Gasteiger partial charge < -0.3 is 4.74 Å². The first kappa shape index (κ1) is 14.5. The Morgan fingerprint density at radius 2 is 1.71 bits per heavy atom. The fourth-order valence-electron chi connectivity index (χ4n) is 5.07. The van der Waals surface area contributed by atoms with Crippen molar-refractivity contribution >= 4 is 17.5 Å². The minimum Gasteiger partial charge on any atom is -0.477 e. The molecule has 24 heavy (non-hydrogen) atoms. The first-order chi connectivity index (χ1) is 11.8. The van der Waals surface area contributed by atoms with Gasteiger partial charge in [0.05, 0.1) is 12.6 Å². The minimum atomic E-state index is 0.439. The zero-order valence-electron chi connectivity index (χ0n) is 13.4. The van der Waals surface area contributed by atoms with Crippen molar-refractivity contribution in [1.29, 1.82) is 0 Å². The summed E-state index contributed by atoms with van der Waals surface area (Å²) in [4.78, 5) is 5.01. The highest BCUT2D eigenvalue weighted by molar-refractivity contribution is 6.30. The van der Waals surface area contributed by atoms with Crippen LogP contribution in [0.5, 0.6) is 0 Å². The molecule has 1 aliphatic heterocycles. The molecule has 1 heterocycles. The van der Waals surface area contributed by atoms with E-state index in [-0.39, 0.29) is 0 Å². The van der Waals surface area contributed by atoms with Crippen molar-refractivity contribution in [3.8, 4) is 0 Å². The second kappa shape index (κ2) is 5.63. The van der Waals surface area contributed by atoms with Gasteiger partial charge in [0, 0.05) is 16.5 Å². The molecule has 2 nitrogen and oxygen atoms in total. The number of rotatable bonds is 2. The lowest BCUT2D eigenvalue weighted by Crippen LogP contribution is -2.38. The summed E-state index contributed by atoms with van der Waals surface area (Å²) >= 11 is 5.98. The fourth-order valence-corrected chi connectivity index (χ4v) is 5.20. The summed E-state index contributed by atoms with van der Waals surface area (Å²) in [6.45, 7) is 0.802. The fraction of sp³-hybridized carbons (Fsp3) is 0.381. The molecule has 3 aliphatic rings. The average Bonchev–Trinajstić information content (AvgIpc) is 3.22. The van der Waals surface area contributed by atoms with E-state index in [9.17, 15) is 0 Å². The first-order valence-corrected chi connectivity index (χ1v) is 9.19. The smallest absolute Gasteiger partial charge is 0.216 e. The van der Waals surface area contributed by atoms with E-state index in [1.165, 1.54) is 18.4 Å². The number of nitrogens with zero attached hydrogens (tertiary/aromatic N) is 1. The summed E-state index contributed by atoms with van der Waals surface area (Å²) in [5.74, 6) is 3.49. The Balaban J connectivity index is 1.41. The third-order valence-electron chi connectivity index (χ3n) is 6.12. The van der Waals surface area contributed by atoms with E-state index in [1.807, 2.05) is 24.3 Å². The Kier molecular flexibility index (Phi) is 3.41. The zero-order valence-corrected chi connectivity index (χ0v) is 14.2. The molecule has 2 bridgehead atoms. The second-order valence-electron chi connectivity index (χ2n) is 7.32. The maximum atomic E-state index is 6.06. The van der Waals surface area contributed by atoms with Gasteiger partial charge in [0.1, 0.15) is 0 Å². The zero-order chi connectivity index (χ0) is 16.1. The van der Waals surface area contributed by atoms with Gasteiger partial charge >= 0.3 is 0 Å². The Labute approximate surface area is 147 Å². The Morgan fingerprint density at radius 3 is 2.50 bits per heavy atom. The van der Waals surface area contributed by atoms with Gasteiger partial charge in [-0.2, -0.15) is 0 Å². The Morgan fingerprint density at radius 1 is 0.917 bits per heavy atom. The predicted molar refractivity (Wildman–Crippen MR) is 96.6 cm³/mol. The lowest BCUT2D eigenvalue weighted by Gasteiger charge is -2.37. The molecule has 122 valence electrons. The van der Waals surface area contributed by atoms with Crippen LogP contribution in [0, 0.1) is 17.8 Å². The summed E-state index contributed by atoms with van der Waals surface area (Å²) < 4.78 is 6.06. The Bertz CT molecular complexity index is 770. The normalized spacial score (nSPS) is 33.7. The van der Waals surface area contributed by atoms with E-state index in [1.54, 1.807) is 0 Å². The highest BCUT2D eigenvalue weighted by atomic mass is 35.5. The standard InChI is InChI=1S/C21H20ClNO/c22-16-8-6-14(7-9-16)21-23-20-15-10-17(13-4-2-1-3-5-13)18(11-15)19(20)12-24-21/h1-9,15,17-20H,10-12H2/t15-,17+,18-,19+,20-/m1/s1. The van der Waals surface area contributed by atoms with Crippen LogP contribution < -0.4 is 0 Å². The van der Waals surface area contributed by atoms with Gasteiger partial charge in [0.2, 0.25) is 5.90 Å². The molecule has 0 amide bonds. The summed E-state index contributed by atoms with van der Waals surface area (Å²) in [6.07, 6.45) is 2.57. The number of aliphatic imine (C=N–C) groups is 1. The Hall–Kier alpha value is -1.80. The molecule has 2 aliphatic carbocycles. The number of ether oxygens (including phenoxy) is 1. The molecular weight excluding hydrogens is 318 g/mol. The molecule has 5 rings (SSSR count). The van der Waals surface area contributed by atoms with Gasteiger partial charge in [0.15, 0.2) is 0 Å². The van der Waals surface area contributed by atoms with Crippen LogP contribution in [0.4, 0.5) is 0 Å². The quantitative estimate of drug-likeness (QED) is 0.761. The average molecular weight is 338 g/mol. The van der Waals surface area contributed by atoms with Gasteiger partial charge in [-0.15, -0.1) is 0 Å². The molecule has 3 heteroatoms. The van der Waals surface area contributed by atoms with Crippen LogP contribution in [0.2, 0.25) is 5.02 Å². The van der Waals surface area contributed by atoms with Crippen LogP contribution in [0.1, 0.15) is 29.9 Å². The SMILES string of the molecule is Clc1ccc(C2=N[C@@H]3[C@H]4C[C@@H]([C@@H]3CO2)[C@H](c2ccccc2)C4)cc1. The van der Waals surface area contributed by atoms with Crippen molar-refractivity contribution in [2.24, 2.45) is 22.7 Å². The molecule has 2 aromatic rings. The van der Waals surface area contributed by atoms with Crippen LogP contribution in [0.25, 0.3) is 0 Å². The van der Waals surface area contributed by atoms with Crippen LogP contribution in [0.3, 0.4) is 0 Å². The highest BCUT2D eigenvalue weighted by Crippen LogP contribution is 2.57. The maximum absolute atomic E-state index is 6.06. The number of fused-ring (bicyclic) bond motifs is 5. The largest absolute Gasteiger partial charge is 0.477 e. The van der Waals surface area contributed by atoms with E-state index < -0.39 is 0 Å². The number of hydrogen-bond acceptors (Lipinski definition) is 2. The molecule has 0 aromatic heterocycles. The summed E-state index contributed by atoms with van der Waals surface area (Å²) in [6, 6.07) is 19.2. The monoisotopic (exact) mass is 337 g/mol. The molecule has 0 radical (unpaired) electrons. The second-order valence-corrected chi connectivity index (χ2v) is 7.76. The first-order valence-electron chi connectivity index (χ1n) is 8.81. The lowest BCUT2D eigenvalue weighted by atomic mass is 9.75. The van der Waals surface area contributed by atoms with Crippen molar-refractivity contribution in [2.75, 3.05) is 6.61 Å². The van der Waals surface area contributed by atoms with Crippen molar-refractivity contribution < 1.29 is 4.74 Å². The minimum absolute atomic E-state index is 0.439. The van der Waals surface area contributed by atoms with Crippen LogP contribution >= 0.6 is 11.6 Å². The molecular formula is C21H20ClNO. The topological polar surface area (TPSA) is 21.6 Å². The van der Waals surface area contributed by atoms with Gasteiger partial charge in [0.25, 0.3) is 0 Å². The van der Waals surface area contributed by atoms with E-state index in [0.29, 0.717) is 23.8 Å². The van der Waals surface area contributed by atoms with E-state index in [0.717, 1.165) is 29.0 Å². The summed E-state index contributed by atoms with van der Waals surface area (Å²) in [5.41, 5.74) is 2.54. The molecule has 5 atom stereocenters. The highest BCUT2D eigenvalue weighted by Gasteiger charge is 2.54.